The second kappa shape index (κ2) is 5.07. The van der Waals surface area contributed by atoms with Crippen LogP contribution in [-0.2, 0) is 6.42 Å². The van der Waals surface area contributed by atoms with Gasteiger partial charge in [0.05, 0.1) is 5.52 Å². The van der Waals surface area contributed by atoms with Crippen LogP contribution in [0.25, 0.3) is 10.9 Å². The Hall–Kier alpha value is -1.77. The number of aryl methyl sites for hydroxylation is 1. The predicted octanol–water partition coefficient (Wildman–Crippen LogP) is 3.13. The molecule has 72 valence electrons. The molecule has 0 amide bonds. The number of hydrogen-bond acceptors (Lipinski definition) is 3. The first-order valence-electron chi connectivity index (χ1n) is 4.45. The van der Waals surface area contributed by atoms with E-state index >= 15 is 0 Å². The number of nitroso groups, excluding NO2 is 1. The molecule has 3 heteroatoms. The number of nitrogens with zero attached hydrogens (tertiary/aromatic N) is 1. The molecule has 0 atom stereocenters. The quantitative estimate of drug-likeness (QED) is 0.699. The fourth-order valence-electron chi connectivity index (χ4n) is 1.45. The Labute approximate surface area is 82.6 Å². The molecule has 0 saturated heterocycles. The van der Waals surface area contributed by atoms with Crippen LogP contribution < -0.4 is 0 Å². The summed E-state index contributed by atoms with van der Waals surface area (Å²) in [6.45, 7) is 2.16. The van der Waals surface area contributed by atoms with Crippen LogP contribution in [0.4, 0.5) is 0 Å². The number of hydrogen-bond donors (Lipinski definition) is 1. The molecule has 2 rings (SSSR count). The highest BCUT2D eigenvalue weighted by molar-refractivity contribution is 5.81. The molecule has 0 aliphatic carbocycles. The van der Waals surface area contributed by atoms with Crippen molar-refractivity contribution in [3.05, 3.63) is 47.0 Å². The molecular weight excluding hydrogens is 176 g/mol. The minimum Gasteiger partial charge on any atom is -0.256 e. The third-order valence-electron chi connectivity index (χ3n) is 2.10. The SMILES string of the molecule is CCc1cccc2cccnc12.N=O. The van der Waals surface area contributed by atoms with Gasteiger partial charge in [-0.2, -0.15) is 4.91 Å². The second-order valence-electron chi connectivity index (χ2n) is 2.85. The topological polar surface area (TPSA) is 53.8 Å². The van der Waals surface area contributed by atoms with Gasteiger partial charge >= 0.3 is 0 Å². The molecule has 1 aromatic heterocycles. The zero-order chi connectivity index (χ0) is 10.4. The molecule has 0 unspecified atom stereocenters. The molecular formula is C11H12N2O. The van der Waals surface area contributed by atoms with Crippen molar-refractivity contribution in [1.82, 2.24) is 4.98 Å². The summed E-state index contributed by atoms with van der Waals surface area (Å²) in [6.07, 6.45) is 2.90. The van der Waals surface area contributed by atoms with E-state index in [1.807, 2.05) is 12.3 Å². The van der Waals surface area contributed by atoms with Crippen LogP contribution in [0.3, 0.4) is 0 Å². The second-order valence-corrected chi connectivity index (χ2v) is 2.85. The Bertz CT molecular complexity index is 409. The molecule has 0 saturated carbocycles. The molecule has 0 fully saturated rings. The van der Waals surface area contributed by atoms with Crippen LogP contribution in [0.5, 0.6) is 0 Å². The first-order chi connectivity index (χ1) is 6.92. The molecule has 0 radical (unpaired) electrons. The number of para-hydroxylation sites is 1. The van der Waals surface area contributed by atoms with Gasteiger partial charge in [0.2, 0.25) is 0 Å². The number of aromatic nitrogens is 1. The van der Waals surface area contributed by atoms with Gasteiger partial charge in [-0.05, 0) is 18.1 Å². The summed E-state index contributed by atoms with van der Waals surface area (Å²) in [5, 5.41) is 1.23. The van der Waals surface area contributed by atoms with Gasteiger partial charge in [0, 0.05) is 11.6 Å². The van der Waals surface area contributed by atoms with Crippen molar-refractivity contribution in [1.29, 1.82) is 5.59 Å². The Balaban J connectivity index is 0.000000461. The van der Waals surface area contributed by atoms with Gasteiger partial charge in [-0.1, -0.05) is 36.8 Å². The normalized spacial score (nSPS) is 9.21. The summed E-state index contributed by atoms with van der Waals surface area (Å²) in [4.78, 5) is 11.9. The van der Waals surface area contributed by atoms with Gasteiger partial charge in [-0.15, -0.1) is 0 Å². The molecule has 3 nitrogen and oxygen atoms in total. The fraction of sp³-hybridized carbons (Fsp3) is 0.182. The molecule has 1 N–H and O–H groups in total. The first-order valence-corrected chi connectivity index (χ1v) is 4.45. The van der Waals surface area contributed by atoms with Crippen molar-refractivity contribution in [2.24, 2.45) is 0 Å². The van der Waals surface area contributed by atoms with Crippen molar-refractivity contribution in [2.45, 2.75) is 13.3 Å². The largest absolute Gasteiger partial charge is 0.256 e. The Morgan fingerprint density at radius 2 is 1.93 bits per heavy atom. The first kappa shape index (κ1) is 10.3. The summed E-state index contributed by atoms with van der Waals surface area (Å²) in [7, 11) is 0. The van der Waals surface area contributed by atoms with E-state index in [4.69, 9.17) is 4.91 Å². The number of nitrogens with one attached hydrogen (secondary N) is 1. The van der Waals surface area contributed by atoms with E-state index in [2.05, 4.69) is 41.8 Å². The highest BCUT2D eigenvalue weighted by Crippen LogP contribution is 2.15. The van der Waals surface area contributed by atoms with Crippen LogP contribution in [0.2, 0.25) is 0 Å². The van der Waals surface area contributed by atoms with Crippen molar-refractivity contribution in [2.75, 3.05) is 0 Å². The van der Waals surface area contributed by atoms with E-state index < -0.39 is 0 Å². The summed E-state index contributed by atoms with van der Waals surface area (Å²) >= 11 is 0. The van der Waals surface area contributed by atoms with Crippen molar-refractivity contribution in [3.63, 3.8) is 0 Å². The third-order valence-corrected chi connectivity index (χ3v) is 2.10. The minimum absolute atomic E-state index is 1.05. The molecule has 0 aliphatic heterocycles. The number of pyridine rings is 1. The summed E-state index contributed by atoms with van der Waals surface area (Å²) in [6, 6.07) is 10.4. The van der Waals surface area contributed by atoms with E-state index in [1.54, 1.807) is 0 Å². The summed E-state index contributed by atoms with van der Waals surface area (Å²) in [5.41, 5.74) is 6.97. The molecule has 14 heavy (non-hydrogen) atoms. The lowest BCUT2D eigenvalue weighted by Gasteiger charge is -2.00. The van der Waals surface area contributed by atoms with Gasteiger partial charge in [-0.3, -0.25) is 4.98 Å². The van der Waals surface area contributed by atoms with E-state index in [0.717, 1.165) is 11.9 Å². The smallest absolute Gasteiger partial charge is 0.0733 e. The molecule has 0 aliphatic rings. The van der Waals surface area contributed by atoms with E-state index in [1.165, 1.54) is 10.9 Å². The molecule has 0 bridgehead atoms. The minimum atomic E-state index is 1.05. The number of rotatable bonds is 1. The highest BCUT2D eigenvalue weighted by Gasteiger charge is 1.97. The van der Waals surface area contributed by atoms with Gasteiger partial charge in [-0.25, -0.2) is 0 Å². The van der Waals surface area contributed by atoms with Gasteiger partial charge in [0.15, 0.2) is 0 Å². The van der Waals surface area contributed by atoms with Gasteiger partial charge in [0.1, 0.15) is 0 Å². The lowest BCUT2D eigenvalue weighted by atomic mass is 10.1. The van der Waals surface area contributed by atoms with Crippen LogP contribution in [-0.4, -0.2) is 4.98 Å². The monoisotopic (exact) mass is 188 g/mol. The standard InChI is InChI=1S/C11H11N.HNO/c1-2-9-5-3-6-10-7-4-8-12-11(9)10;1-2/h3-8H,2H2,1H3;1H. The Kier molecular flexibility index (Phi) is 3.73. The maximum Gasteiger partial charge on any atom is 0.0733 e. The fourth-order valence-corrected chi connectivity index (χ4v) is 1.45. The maximum absolute atomic E-state index is 7.50. The van der Waals surface area contributed by atoms with E-state index in [9.17, 15) is 0 Å². The lowest BCUT2D eigenvalue weighted by molar-refractivity contribution is 1.14. The molecule has 1 heterocycles. The molecule has 2 aromatic rings. The third kappa shape index (κ3) is 1.93. The summed E-state index contributed by atoms with van der Waals surface area (Å²) < 4.78 is 0. The van der Waals surface area contributed by atoms with Gasteiger partial charge in [0.25, 0.3) is 0 Å². The Morgan fingerprint density at radius 3 is 2.64 bits per heavy atom. The maximum atomic E-state index is 7.50. The van der Waals surface area contributed by atoms with Crippen molar-refractivity contribution in [3.8, 4) is 0 Å². The van der Waals surface area contributed by atoms with Crippen LogP contribution in [0.15, 0.2) is 36.5 Å². The van der Waals surface area contributed by atoms with Crippen LogP contribution >= 0.6 is 0 Å². The number of benzene rings is 1. The summed E-state index contributed by atoms with van der Waals surface area (Å²) in [5.74, 6) is 0. The zero-order valence-electron chi connectivity index (χ0n) is 8.03. The molecule has 0 spiro atoms. The van der Waals surface area contributed by atoms with Crippen LogP contribution in [0.1, 0.15) is 12.5 Å². The highest BCUT2D eigenvalue weighted by atomic mass is 16.2. The average Bonchev–Trinajstić information content (AvgIpc) is 2.31. The predicted molar refractivity (Wildman–Crippen MR) is 57.2 cm³/mol. The Morgan fingerprint density at radius 1 is 1.21 bits per heavy atom. The average molecular weight is 188 g/mol. The number of fused-ring (bicyclic) bond motifs is 1. The van der Waals surface area contributed by atoms with E-state index in [-0.39, 0.29) is 0 Å². The lowest BCUT2D eigenvalue weighted by Crippen LogP contribution is -1.85. The van der Waals surface area contributed by atoms with Crippen LogP contribution in [0, 0.1) is 10.5 Å². The van der Waals surface area contributed by atoms with Gasteiger partial charge < -0.3 is 0 Å². The van der Waals surface area contributed by atoms with Crippen molar-refractivity contribution < 1.29 is 0 Å². The molecule has 1 aromatic carbocycles. The van der Waals surface area contributed by atoms with E-state index in [0.29, 0.717) is 0 Å². The van der Waals surface area contributed by atoms with Crippen molar-refractivity contribution >= 4 is 10.9 Å². The zero-order valence-corrected chi connectivity index (χ0v) is 8.03.